The molecular weight excluding hydrogens is 430 g/mol. The van der Waals surface area contributed by atoms with Crippen molar-refractivity contribution in [3.05, 3.63) is 82.0 Å². The Morgan fingerprint density at radius 3 is 2.48 bits per heavy atom. The van der Waals surface area contributed by atoms with Crippen molar-refractivity contribution in [2.24, 2.45) is 0 Å². The van der Waals surface area contributed by atoms with Gasteiger partial charge in [-0.05, 0) is 24.6 Å². The quantitative estimate of drug-likeness (QED) is 0.286. The number of hydrogen-bond acceptors (Lipinski definition) is 7. The predicted molar refractivity (Wildman–Crippen MR) is 118 cm³/mol. The van der Waals surface area contributed by atoms with Gasteiger partial charge in [0.15, 0.2) is 0 Å². The average Bonchev–Trinajstić information content (AvgIpc) is 2.81. The summed E-state index contributed by atoms with van der Waals surface area (Å²) >= 11 is 0. The van der Waals surface area contributed by atoms with Crippen molar-refractivity contribution in [2.45, 2.75) is 25.3 Å². The Morgan fingerprint density at radius 2 is 1.85 bits per heavy atom. The van der Waals surface area contributed by atoms with Gasteiger partial charge < -0.3 is 15.2 Å². The predicted octanol–water partition coefficient (Wildman–Crippen LogP) is 3.06. The number of fused-ring (bicyclic) bond motifs is 1. The van der Waals surface area contributed by atoms with Gasteiger partial charge in [0.25, 0.3) is 11.6 Å². The molecule has 2 atom stereocenters. The average molecular weight is 451 g/mol. The van der Waals surface area contributed by atoms with E-state index in [2.05, 4.69) is 10.3 Å². The summed E-state index contributed by atoms with van der Waals surface area (Å²) in [5.74, 6) is -3.74. The Labute approximate surface area is 188 Å². The van der Waals surface area contributed by atoms with Gasteiger partial charge in [-0.15, -0.1) is 0 Å². The van der Waals surface area contributed by atoms with E-state index >= 15 is 0 Å². The summed E-state index contributed by atoms with van der Waals surface area (Å²) in [6.07, 6.45) is 0.988. The topological polar surface area (TPSA) is 149 Å². The molecule has 2 N–H and O–H groups in total. The minimum absolute atomic E-state index is 0.0959. The number of nitrogens with one attached hydrogen (secondary N) is 1. The maximum atomic E-state index is 12.9. The van der Waals surface area contributed by atoms with Crippen LogP contribution in [0.15, 0.2) is 60.8 Å². The lowest BCUT2D eigenvalue weighted by atomic mass is 9.88. The van der Waals surface area contributed by atoms with Crippen LogP contribution in [-0.2, 0) is 14.3 Å². The number of carboxylic acids is 1. The van der Waals surface area contributed by atoms with Crippen molar-refractivity contribution in [1.82, 2.24) is 10.3 Å². The molecule has 33 heavy (non-hydrogen) atoms. The third-order valence-electron chi connectivity index (χ3n) is 5.03. The largest absolute Gasteiger partial charge is 0.480 e. The number of nitrogens with zero attached hydrogens (tertiary/aromatic N) is 2. The van der Waals surface area contributed by atoms with Gasteiger partial charge in [-0.3, -0.25) is 24.7 Å². The fraction of sp³-hybridized carbons (Fsp3) is 0.217. The number of esters is 1. The molecule has 2 aromatic carbocycles. The Bertz CT molecular complexity index is 1190. The van der Waals surface area contributed by atoms with Crippen molar-refractivity contribution in [2.75, 3.05) is 6.61 Å². The summed E-state index contributed by atoms with van der Waals surface area (Å²) in [5, 5.41) is 24.0. The first-order chi connectivity index (χ1) is 15.8. The number of carbonyl (C=O) groups is 3. The second-order valence-corrected chi connectivity index (χ2v) is 7.17. The molecule has 3 rings (SSSR count). The molecule has 1 heterocycles. The van der Waals surface area contributed by atoms with Gasteiger partial charge in [-0.2, -0.15) is 0 Å². The molecule has 0 fully saturated rings. The zero-order valence-electron chi connectivity index (χ0n) is 17.6. The number of nitro groups is 1. The van der Waals surface area contributed by atoms with Crippen LogP contribution in [0.1, 0.15) is 35.2 Å². The zero-order chi connectivity index (χ0) is 24.0. The molecule has 0 saturated heterocycles. The van der Waals surface area contributed by atoms with Gasteiger partial charge in [-0.25, -0.2) is 4.79 Å². The van der Waals surface area contributed by atoms with Crippen molar-refractivity contribution < 1.29 is 29.2 Å². The Balaban J connectivity index is 1.92. The van der Waals surface area contributed by atoms with Gasteiger partial charge in [-0.1, -0.05) is 30.3 Å². The molecule has 10 nitrogen and oxygen atoms in total. The van der Waals surface area contributed by atoms with E-state index in [-0.39, 0.29) is 24.3 Å². The number of aromatic nitrogens is 1. The fourth-order valence-electron chi connectivity index (χ4n) is 3.43. The number of carbonyl (C=O) groups excluding carboxylic acids is 2. The standard InChI is InChI=1S/C23H21N3O7/c1-2-33-20(27)12-18(14-7-9-17(10-8-14)26(31)32)21(23(29)30)25-22(28)16-11-15-5-3-4-6-19(15)24-13-16/h3-11,13,18,21H,2,12H2,1H3,(H,25,28)(H,29,30)/t18-,21-/m1/s1. The number of benzene rings is 2. The van der Waals surface area contributed by atoms with Crippen LogP contribution in [0.4, 0.5) is 5.69 Å². The highest BCUT2D eigenvalue weighted by Gasteiger charge is 2.34. The maximum absolute atomic E-state index is 12.9. The van der Waals surface area contributed by atoms with E-state index < -0.39 is 34.7 Å². The minimum atomic E-state index is -1.50. The number of non-ortho nitro benzene ring substituents is 1. The van der Waals surface area contributed by atoms with Gasteiger partial charge in [0.05, 0.1) is 29.0 Å². The van der Waals surface area contributed by atoms with Gasteiger partial charge in [0.2, 0.25) is 0 Å². The molecule has 1 amide bonds. The third kappa shape index (κ3) is 5.67. The highest BCUT2D eigenvalue weighted by molar-refractivity contribution is 5.99. The Morgan fingerprint density at radius 1 is 1.15 bits per heavy atom. The van der Waals surface area contributed by atoms with Crippen LogP contribution in [-0.4, -0.2) is 45.5 Å². The van der Waals surface area contributed by atoms with E-state index in [1.165, 1.54) is 30.5 Å². The highest BCUT2D eigenvalue weighted by Crippen LogP contribution is 2.27. The Kier molecular flexibility index (Phi) is 7.29. The van der Waals surface area contributed by atoms with E-state index in [9.17, 15) is 29.6 Å². The number of amides is 1. The SMILES string of the molecule is CCOC(=O)C[C@H](c1ccc([N+](=O)[O-])cc1)[C@@H](NC(=O)c1cnc2ccccc2c1)C(=O)O. The normalized spacial score (nSPS) is 12.5. The molecule has 10 heteroatoms. The summed E-state index contributed by atoms with van der Waals surface area (Å²) in [6, 6.07) is 12.4. The van der Waals surface area contributed by atoms with Crippen LogP contribution in [0.25, 0.3) is 10.9 Å². The molecule has 0 bridgehead atoms. The first-order valence-corrected chi connectivity index (χ1v) is 10.1. The molecule has 0 unspecified atom stereocenters. The van der Waals surface area contributed by atoms with Crippen LogP contribution in [0.3, 0.4) is 0 Å². The minimum Gasteiger partial charge on any atom is -0.480 e. The molecule has 0 spiro atoms. The summed E-state index contributed by atoms with van der Waals surface area (Å²) in [4.78, 5) is 51.8. The maximum Gasteiger partial charge on any atom is 0.326 e. The van der Waals surface area contributed by atoms with Crippen molar-refractivity contribution in [1.29, 1.82) is 0 Å². The van der Waals surface area contributed by atoms with Crippen molar-refractivity contribution in [3.8, 4) is 0 Å². The van der Waals surface area contributed by atoms with Crippen molar-refractivity contribution >= 4 is 34.4 Å². The monoisotopic (exact) mass is 451 g/mol. The molecular formula is C23H21N3O7. The molecule has 1 aromatic heterocycles. The van der Waals surface area contributed by atoms with Gasteiger partial charge in [0, 0.05) is 29.6 Å². The van der Waals surface area contributed by atoms with E-state index in [1.807, 2.05) is 0 Å². The van der Waals surface area contributed by atoms with Gasteiger partial charge >= 0.3 is 11.9 Å². The highest BCUT2D eigenvalue weighted by atomic mass is 16.6. The number of hydrogen-bond donors (Lipinski definition) is 2. The molecule has 0 aliphatic carbocycles. The van der Waals surface area contributed by atoms with E-state index in [1.54, 1.807) is 37.3 Å². The summed E-state index contributed by atoms with van der Waals surface area (Å²) < 4.78 is 4.96. The van der Waals surface area contributed by atoms with Crippen LogP contribution >= 0.6 is 0 Å². The number of para-hydroxylation sites is 1. The first kappa shape index (κ1) is 23.3. The lowest BCUT2D eigenvalue weighted by molar-refractivity contribution is -0.384. The smallest absolute Gasteiger partial charge is 0.326 e. The molecule has 0 saturated carbocycles. The summed E-state index contributed by atoms with van der Waals surface area (Å²) in [6.45, 7) is 1.71. The van der Waals surface area contributed by atoms with Crippen LogP contribution in [0.5, 0.6) is 0 Å². The summed E-state index contributed by atoms with van der Waals surface area (Å²) in [7, 11) is 0. The molecule has 3 aromatic rings. The molecule has 0 aliphatic rings. The van der Waals surface area contributed by atoms with Crippen LogP contribution in [0, 0.1) is 10.1 Å². The molecule has 170 valence electrons. The van der Waals surface area contributed by atoms with Crippen LogP contribution in [0.2, 0.25) is 0 Å². The number of pyridine rings is 1. The summed E-state index contributed by atoms with van der Waals surface area (Å²) in [5.41, 5.74) is 0.971. The number of nitro benzene ring substituents is 1. The number of carboxylic acid groups (broad SMARTS) is 1. The van der Waals surface area contributed by atoms with Gasteiger partial charge in [0.1, 0.15) is 6.04 Å². The zero-order valence-corrected chi connectivity index (χ0v) is 17.6. The Hall–Kier alpha value is -4.34. The lowest BCUT2D eigenvalue weighted by Crippen LogP contribution is -2.45. The number of ether oxygens (including phenoxy) is 1. The second kappa shape index (κ2) is 10.3. The number of rotatable bonds is 9. The van der Waals surface area contributed by atoms with E-state index in [0.29, 0.717) is 16.5 Å². The lowest BCUT2D eigenvalue weighted by Gasteiger charge is -2.25. The number of aliphatic carboxylic acids is 1. The third-order valence-corrected chi connectivity index (χ3v) is 5.03. The fourth-order valence-corrected chi connectivity index (χ4v) is 3.43. The molecule has 0 radical (unpaired) electrons. The molecule has 0 aliphatic heterocycles. The first-order valence-electron chi connectivity index (χ1n) is 10.1. The van der Waals surface area contributed by atoms with E-state index in [0.717, 1.165) is 0 Å². The second-order valence-electron chi connectivity index (χ2n) is 7.17. The van der Waals surface area contributed by atoms with Crippen molar-refractivity contribution in [3.63, 3.8) is 0 Å². The van der Waals surface area contributed by atoms with E-state index in [4.69, 9.17) is 4.74 Å². The van der Waals surface area contributed by atoms with Crippen LogP contribution < -0.4 is 5.32 Å².